The summed E-state index contributed by atoms with van der Waals surface area (Å²) in [5.41, 5.74) is 1.89. The Hall–Kier alpha value is -2.90. The van der Waals surface area contributed by atoms with Crippen molar-refractivity contribution < 1.29 is 14.0 Å². The number of rotatable bonds is 4. The zero-order valence-electron chi connectivity index (χ0n) is 15.6. The fourth-order valence-corrected chi connectivity index (χ4v) is 3.09. The highest BCUT2D eigenvalue weighted by Gasteiger charge is 2.23. The molecule has 0 fully saturated rings. The average molecular weight is 373 g/mol. The molecular formula is C19H24FN5O2. The van der Waals surface area contributed by atoms with Crippen molar-refractivity contribution in [3.05, 3.63) is 53.3 Å². The van der Waals surface area contributed by atoms with Gasteiger partial charge in [-0.2, -0.15) is 5.10 Å². The Bertz CT molecular complexity index is 806. The molecule has 1 unspecified atom stereocenters. The van der Waals surface area contributed by atoms with E-state index in [1.165, 1.54) is 0 Å². The Labute approximate surface area is 157 Å². The molecular weight excluding hydrogens is 349 g/mol. The zero-order valence-corrected chi connectivity index (χ0v) is 15.6. The molecule has 27 heavy (non-hydrogen) atoms. The summed E-state index contributed by atoms with van der Waals surface area (Å²) in [5.74, 6) is -0.686. The van der Waals surface area contributed by atoms with Crippen molar-refractivity contribution in [3.8, 4) is 0 Å². The van der Waals surface area contributed by atoms with Gasteiger partial charge in [0.05, 0.1) is 24.5 Å². The molecule has 3 amide bonds. The summed E-state index contributed by atoms with van der Waals surface area (Å²) in [7, 11) is 3.46. The summed E-state index contributed by atoms with van der Waals surface area (Å²) in [6, 6.07) is 10.2. The van der Waals surface area contributed by atoms with E-state index in [-0.39, 0.29) is 12.6 Å². The molecule has 0 aliphatic carbocycles. The number of nitrogens with zero attached hydrogens (tertiary/aromatic N) is 4. The monoisotopic (exact) mass is 373 g/mol. The van der Waals surface area contributed by atoms with E-state index >= 15 is 0 Å². The normalized spacial score (nSPS) is 14.9. The molecule has 1 aromatic heterocycles. The van der Waals surface area contributed by atoms with Gasteiger partial charge in [0.25, 0.3) is 5.91 Å². The first kappa shape index (κ1) is 18.9. The molecule has 0 spiro atoms. The third-order valence-corrected chi connectivity index (χ3v) is 4.48. The lowest BCUT2D eigenvalue weighted by Crippen LogP contribution is -2.38. The third kappa shape index (κ3) is 4.45. The number of aromatic nitrogens is 2. The summed E-state index contributed by atoms with van der Waals surface area (Å²) in [6.45, 7) is 1.99. The second-order valence-corrected chi connectivity index (χ2v) is 6.79. The van der Waals surface area contributed by atoms with Crippen molar-refractivity contribution in [2.45, 2.75) is 32.2 Å². The van der Waals surface area contributed by atoms with Crippen molar-refractivity contribution in [3.63, 3.8) is 0 Å². The second kappa shape index (κ2) is 8.20. The maximum absolute atomic E-state index is 14.2. The van der Waals surface area contributed by atoms with Gasteiger partial charge in [0.1, 0.15) is 0 Å². The number of amides is 3. The van der Waals surface area contributed by atoms with Crippen LogP contribution < -0.4 is 5.32 Å². The maximum atomic E-state index is 14.2. The number of benzene rings is 1. The standard InChI is InChI=1S/C19H24FN5O2/c1-23(2)19(27)24-9-6-10-25-16(13-24)11-15(22-25)12-21-18(26)17(20)14-7-4-3-5-8-14/h3-5,7-8,11,17H,6,9-10,12-13H2,1-2H3,(H,21,26). The van der Waals surface area contributed by atoms with E-state index < -0.39 is 12.1 Å². The van der Waals surface area contributed by atoms with Gasteiger partial charge in [-0.25, -0.2) is 9.18 Å². The molecule has 0 radical (unpaired) electrons. The van der Waals surface area contributed by atoms with Crippen LogP contribution in [0.1, 0.15) is 29.5 Å². The van der Waals surface area contributed by atoms with Gasteiger partial charge >= 0.3 is 6.03 Å². The number of carbonyl (C=O) groups excluding carboxylic acids is 2. The van der Waals surface area contributed by atoms with Crippen molar-refractivity contribution in [2.75, 3.05) is 20.6 Å². The van der Waals surface area contributed by atoms with Crippen LogP contribution in [0, 0.1) is 0 Å². The highest BCUT2D eigenvalue weighted by Crippen LogP contribution is 2.18. The lowest BCUT2D eigenvalue weighted by Gasteiger charge is -2.23. The molecule has 3 rings (SSSR count). The molecule has 1 aliphatic rings. The minimum Gasteiger partial charge on any atom is -0.348 e. The van der Waals surface area contributed by atoms with E-state index in [1.807, 2.05) is 10.7 Å². The number of urea groups is 1. The van der Waals surface area contributed by atoms with Gasteiger partial charge in [-0.3, -0.25) is 9.48 Å². The molecule has 0 saturated carbocycles. The first-order valence-electron chi connectivity index (χ1n) is 8.94. The van der Waals surface area contributed by atoms with Crippen LogP contribution in [0.5, 0.6) is 0 Å². The smallest absolute Gasteiger partial charge is 0.319 e. The number of aryl methyl sites for hydroxylation is 1. The second-order valence-electron chi connectivity index (χ2n) is 6.79. The van der Waals surface area contributed by atoms with Gasteiger partial charge < -0.3 is 15.1 Å². The maximum Gasteiger partial charge on any atom is 0.319 e. The molecule has 1 N–H and O–H groups in total. The van der Waals surface area contributed by atoms with E-state index in [2.05, 4.69) is 10.4 Å². The van der Waals surface area contributed by atoms with Crippen molar-refractivity contribution in [2.24, 2.45) is 0 Å². The predicted molar refractivity (Wildman–Crippen MR) is 98.5 cm³/mol. The van der Waals surface area contributed by atoms with Gasteiger partial charge in [-0.15, -0.1) is 0 Å². The topological polar surface area (TPSA) is 70.5 Å². The predicted octanol–water partition coefficient (Wildman–Crippen LogP) is 2.10. The number of nitrogens with one attached hydrogen (secondary N) is 1. The van der Waals surface area contributed by atoms with Crippen LogP contribution in [0.3, 0.4) is 0 Å². The molecule has 1 aliphatic heterocycles. The van der Waals surface area contributed by atoms with Crippen LogP contribution in [-0.2, 0) is 24.4 Å². The van der Waals surface area contributed by atoms with Crippen LogP contribution in [0.2, 0.25) is 0 Å². The molecule has 0 saturated heterocycles. The number of halogens is 1. The SMILES string of the molecule is CN(C)C(=O)N1CCCn2nc(CNC(=O)C(F)c3ccccc3)cc2C1. The fourth-order valence-electron chi connectivity index (χ4n) is 3.09. The van der Waals surface area contributed by atoms with Crippen LogP contribution in [0.15, 0.2) is 36.4 Å². The average Bonchev–Trinajstić information content (AvgIpc) is 2.95. The molecule has 8 heteroatoms. The number of alkyl halides is 1. The molecule has 2 heterocycles. The minimum atomic E-state index is -1.71. The largest absolute Gasteiger partial charge is 0.348 e. The van der Waals surface area contributed by atoms with Gasteiger partial charge in [0.15, 0.2) is 0 Å². The van der Waals surface area contributed by atoms with E-state index in [0.29, 0.717) is 30.9 Å². The van der Waals surface area contributed by atoms with Crippen molar-refractivity contribution in [1.29, 1.82) is 0 Å². The van der Waals surface area contributed by atoms with Gasteiger partial charge in [0.2, 0.25) is 6.17 Å². The Kier molecular flexibility index (Phi) is 5.73. The fraction of sp³-hybridized carbons (Fsp3) is 0.421. The zero-order chi connectivity index (χ0) is 19.4. The molecule has 0 bridgehead atoms. The molecule has 144 valence electrons. The van der Waals surface area contributed by atoms with E-state index in [4.69, 9.17) is 0 Å². The Morgan fingerprint density at radius 3 is 2.70 bits per heavy atom. The molecule has 1 atom stereocenters. The summed E-state index contributed by atoms with van der Waals surface area (Å²) in [4.78, 5) is 27.6. The molecule has 1 aromatic carbocycles. The lowest BCUT2D eigenvalue weighted by atomic mass is 10.1. The van der Waals surface area contributed by atoms with E-state index in [0.717, 1.165) is 12.1 Å². The van der Waals surface area contributed by atoms with Crippen LogP contribution in [0.4, 0.5) is 9.18 Å². The van der Waals surface area contributed by atoms with E-state index in [9.17, 15) is 14.0 Å². The Morgan fingerprint density at radius 1 is 1.26 bits per heavy atom. The summed E-state index contributed by atoms with van der Waals surface area (Å²) in [5, 5.41) is 7.08. The first-order valence-corrected chi connectivity index (χ1v) is 8.94. The summed E-state index contributed by atoms with van der Waals surface area (Å²) >= 11 is 0. The number of hydrogen-bond donors (Lipinski definition) is 1. The van der Waals surface area contributed by atoms with Crippen LogP contribution >= 0.6 is 0 Å². The highest BCUT2D eigenvalue weighted by molar-refractivity contribution is 5.81. The number of carbonyl (C=O) groups is 2. The third-order valence-electron chi connectivity index (χ3n) is 4.48. The van der Waals surface area contributed by atoms with Gasteiger partial charge in [0, 0.05) is 27.2 Å². The molecule has 7 nitrogen and oxygen atoms in total. The Morgan fingerprint density at radius 2 is 2.00 bits per heavy atom. The number of fused-ring (bicyclic) bond motifs is 1. The lowest BCUT2D eigenvalue weighted by molar-refractivity contribution is -0.126. The Balaban J connectivity index is 1.62. The van der Waals surface area contributed by atoms with E-state index in [1.54, 1.807) is 54.2 Å². The quantitative estimate of drug-likeness (QED) is 0.892. The van der Waals surface area contributed by atoms with Crippen molar-refractivity contribution >= 4 is 11.9 Å². The minimum absolute atomic E-state index is 0.0392. The summed E-state index contributed by atoms with van der Waals surface area (Å²) < 4.78 is 16.1. The highest BCUT2D eigenvalue weighted by atomic mass is 19.1. The molecule has 2 aromatic rings. The van der Waals surface area contributed by atoms with Crippen LogP contribution in [0.25, 0.3) is 0 Å². The van der Waals surface area contributed by atoms with Crippen LogP contribution in [-0.4, -0.2) is 52.2 Å². The first-order chi connectivity index (χ1) is 13.0. The summed E-state index contributed by atoms with van der Waals surface area (Å²) in [6.07, 6.45) is -0.902. The number of hydrogen-bond acceptors (Lipinski definition) is 3. The van der Waals surface area contributed by atoms with Gasteiger partial charge in [-0.1, -0.05) is 30.3 Å². The van der Waals surface area contributed by atoms with Crippen molar-refractivity contribution in [1.82, 2.24) is 24.9 Å². The van der Waals surface area contributed by atoms with Gasteiger partial charge in [-0.05, 0) is 18.1 Å².